The number of imidazole rings is 1. The van der Waals surface area contributed by atoms with Crippen LogP contribution in [0, 0.1) is 5.92 Å². The third-order valence-electron chi connectivity index (χ3n) is 3.40. The number of nitrogens with zero attached hydrogens (tertiary/aromatic N) is 4. The lowest BCUT2D eigenvalue weighted by Crippen LogP contribution is -2.18. The van der Waals surface area contributed by atoms with E-state index in [4.69, 9.17) is 10.5 Å². The summed E-state index contributed by atoms with van der Waals surface area (Å²) in [5.74, 6) is 0.201. The summed E-state index contributed by atoms with van der Waals surface area (Å²) in [4.78, 5) is 12.2. The normalized spacial score (nSPS) is 27.2. The van der Waals surface area contributed by atoms with Gasteiger partial charge in [0.25, 0.3) is 0 Å². The zero-order chi connectivity index (χ0) is 13.4. The van der Waals surface area contributed by atoms with Gasteiger partial charge in [-0.25, -0.2) is 15.0 Å². The van der Waals surface area contributed by atoms with Crippen LogP contribution < -0.4 is 5.73 Å². The predicted molar refractivity (Wildman–Crippen MR) is 65.9 cm³/mol. The monoisotopic (exact) mass is 265 g/mol. The first-order chi connectivity index (χ1) is 9.24. The second-order valence-corrected chi connectivity index (χ2v) is 4.59. The first-order valence-electron chi connectivity index (χ1n) is 6.04. The van der Waals surface area contributed by atoms with Crippen molar-refractivity contribution >= 4 is 17.0 Å². The van der Waals surface area contributed by atoms with Gasteiger partial charge in [-0.2, -0.15) is 0 Å². The fourth-order valence-corrected chi connectivity index (χ4v) is 2.45. The van der Waals surface area contributed by atoms with Crippen molar-refractivity contribution in [1.29, 1.82) is 0 Å². The van der Waals surface area contributed by atoms with E-state index in [1.807, 2.05) is 0 Å². The van der Waals surface area contributed by atoms with Crippen LogP contribution in [0.3, 0.4) is 0 Å². The number of hydrogen-bond acceptors (Lipinski definition) is 7. The van der Waals surface area contributed by atoms with Crippen LogP contribution in [-0.4, -0.2) is 49.0 Å². The van der Waals surface area contributed by atoms with Gasteiger partial charge in [0.1, 0.15) is 18.1 Å². The summed E-state index contributed by atoms with van der Waals surface area (Å²) in [5.41, 5.74) is 6.81. The Kier molecular flexibility index (Phi) is 3.05. The van der Waals surface area contributed by atoms with E-state index in [1.165, 1.54) is 6.33 Å². The lowest BCUT2D eigenvalue weighted by atomic mass is 10.0. The number of nitrogen functional groups attached to an aromatic ring is 1. The van der Waals surface area contributed by atoms with E-state index in [-0.39, 0.29) is 25.2 Å². The van der Waals surface area contributed by atoms with Gasteiger partial charge in [0.2, 0.25) is 0 Å². The van der Waals surface area contributed by atoms with Gasteiger partial charge in [-0.1, -0.05) is 0 Å². The average Bonchev–Trinajstić information content (AvgIpc) is 3.02. The number of nitrogens with two attached hydrogens (primary N) is 1. The van der Waals surface area contributed by atoms with Crippen LogP contribution >= 0.6 is 0 Å². The number of rotatable bonds is 3. The molecule has 0 bridgehead atoms. The molecule has 3 rings (SSSR count). The van der Waals surface area contributed by atoms with E-state index in [9.17, 15) is 10.2 Å². The Morgan fingerprint density at radius 1 is 1.32 bits per heavy atom. The SMILES string of the molecule is Nc1ncnc2c1ncn2[C@@H]1O[C@H](CO)C[C@H]1CO. The number of hydrogen-bond donors (Lipinski definition) is 3. The highest BCUT2D eigenvalue weighted by Crippen LogP contribution is 2.35. The smallest absolute Gasteiger partial charge is 0.167 e. The molecule has 1 aliphatic heterocycles. The highest BCUT2D eigenvalue weighted by Gasteiger charge is 2.36. The molecule has 0 amide bonds. The molecule has 4 N–H and O–H groups in total. The Hall–Kier alpha value is -1.77. The Balaban J connectivity index is 2.02. The molecule has 8 nitrogen and oxygen atoms in total. The summed E-state index contributed by atoms with van der Waals surface area (Å²) >= 11 is 0. The number of aliphatic hydroxyl groups excluding tert-OH is 2. The molecular weight excluding hydrogens is 250 g/mol. The molecule has 1 fully saturated rings. The van der Waals surface area contributed by atoms with Gasteiger partial charge < -0.3 is 20.7 Å². The van der Waals surface area contributed by atoms with Crippen molar-refractivity contribution in [1.82, 2.24) is 19.5 Å². The summed E-state index contributed by atoms with van der Waals surface area (Å²) < 4.78 is 7.44. The minimum Gasteiger partial charge on any atom is -0.396 e. The molecule has 0 radical (unpaired) electrons. The third-order valence-corrected chi connectivity index (χ3v) is 3.40. The Morgan fingerprint density at radius 3 is 2.89 bits per heavy atom. The van der Waals surface area contributed by atoms with Gasteiger partial charge in [0.15, 0.2) is 11.5 Å². The van der Waals surface area contributed by atoms with E-state index in [0.717, 1.165) is 0 Å². The average molecular weight is 265 g/mol. The van der Waals surface area contributed by atoms with Gasteiger partial charge in [0.05, 0.1) is 25.6 Å². The fourth-order valence-electron chi connectivity index (χ4n) is 2.45. The Labute approximate surface area is 108 Å². The van der Waals surface area contributed by atoms with E-state index in [1.54, 1.807) is 10.9 Å². The van der Waals surface area contributed by atoms with E-state index in [0.29, 0.717) is 23.4 Å². The van der Waals surface area contributed by atoms with Crippen LogP contribution in [0.4, 0.5) is 5.82 Å². The Bertz CT molecular complexity index is 587. The third kappa shape index (κ3) is 1.93. The summed E-state index contributed by atoms with van der Waals surface area (Å²) in [6, 6.07) is 0. The topological polar surface area (TPSA) is 119 Å². The maximum absolute atomic E-state index is 9.42. The van der Waals surface area contributed by atoms with Crippen molar-refractivity contribution in [3.8, 4) is 0 Å². The number of ether oxygens (including phenoxy) is 1. The van der Waals surface area contributed by atoms with Crippen LogP contribution in [0.5, 0.6) is 0 Å². The maximum atomic E-state index is 9.42. The van der Waals surface area contributed by atoms with Crippen LogP contribution in [0.1, 0.15) is 12.6 Å². The minimum absolute atomic E-state index is 0.0264. The molecule has 1 aliphatic rings. The highest BCUT2D eigenvalue weighted by atomic mass is 16.5. The summed E-state index contributed by atoms with van der Waals surface area (Å²) in [6.07, 6.45) is 2.85. The van der Waals surface area contributed by atoms with Gasteiger partial charge in [-0.3, -0.25) is 4.57 Å². The van der Waals surface area contributed by atoms with Crippen LogP contribution in [0.25, 0.3) is 11.2 Å². The molecule has 102 valence electrons. The van der Waals surface area contributed by atoms with Crippen molar-refractivity contribution in [2.75, 3.05) is 18.9 Å². The fraction of sp³-hybridized carbons (Fsp3) is 0.545. The second kappa shape index (κ2) is 4.72. The molecule has 0 spiro atoms. The molecule has 2 aromatic rings. The van der Waals surface area contributed by atoms with E-state index >= 15 is 0 Å². The molecule has 0 aliphatic carbocycles. The molecule has 19 heavy (non-hydrogen) atoms. The number of aromatic nitrogens is 4. The predicted octanol–water partition coefficient (Wildman–Crippen LogP) is -0.703. The second-order valence-electron chi connectivity index (χ2n) is 4.59. The highest BCUT2D eigenvalue weighted by molar-refractivity contribution is 5.81. The lowest BCUT2D eigenvalue weighted by molar-refractivity contribution is -0.0364. The number of anilines is 1. The minimum atomic E-state index is -0.401. The maximum Gasteiger partial charge on any atom is 0.167 e. The van der Waals surface area contributed by atoms with Crippen molar-refractivity contribution in [3.05, 3.63) is 12.7 Å². The molecule has 0 unspecified atom stereocenters. The van der Waals surface area contributed by atoms with Crippen LogP contribution in [0.15, 0.2) is 12.7 Å². The summed E-state index contributed by atoms with van der Waals surface area (Å²) in [6.45, 7) is -0.0990. The largest absolute Gasteiger partial charge is 0.396 e. The van der Waals surface area contributed by atoms with Crippen LogP contribution in [0.2, 0.25) is 0 Å². The molecular formula is C11H15N5O3. The zero-order valence-corrected chi connectivity index (χ0v) is 10.2. The van der Waals surface area contributed by atoms with Crippen molar-refractivity contribution in [3.63, 3.8) is 0 Å². The molecule has 3 atom stereocenters. The first-order valence-corrected chi connectivity index (χ1v) is 6.04. The van der Waals surface area contributed by atoms with Gasteiger partial charge >= 0.3 is 0 Å². The lowest BCUT2D eigenvalue weighted by Gasteiger charge is -2.18. The molecule has 1 saturated heterocycles. The standard InChI is InChI=1S/C11H15N5O3/c12-9-8-10(14-4-13-9)16(5-15-8)11-6(2-17)1-7(3-18)19-11/h4-7,11,17-18H,1-3H2,(H2,12,13,14)/t6-,7-,11+/m0/s1. The quantitative estimate of drug-likeness (QED) is 0.671. The van der Waals surface area contributed by atoms with Gasteiger partial charge in [0, 0.05) is 5.92 Å². The van der Waals surface area contributed by atoms with Crippen molar-refractivity contribution in [2.45, 2.75) is 18.8 Å². The number of aliphatic hydroxyl groups is 2. The molecule has 3 heterocycles. The number of fused-ring (bicyclic) bond motifs is 1. The summed E-state index contributed by atoms with van der Waals surface area (Å²) in [5, 5.41) is 18.6. The first kappa shape index (κ1) is 12.3. The van der Waals surface area contributed by atoms with Crippen molar-refractivity contribution < 1.29 is 14.9 Å². The molecule has 8 heteroatoms. The molecule has 0 aromatic carbocycles. The zero-order valence-electron chi connectivity index (χ0n) is 10.2. The summed E-state index contributed by atoms with van der Waals surface area (Å²) in [7, 11) is 0. The van der Waals surface area contributed by atoms with Crippen molar-refractivity contribution in [2.24, 2.45) is 5.92 Å². The molecule has 0 saturated carbocycles. The van der Waals surface area contributed by atoms with Crippen LogP contribution in [-0.2, 0) is 4.74 Å². The Morgan fingerprint density at radius 2 is 2.16 bits per heavy atom. The van der Waals surface area contributed by atoms with Gasteiger partial charge in [-0.05, 0) is 6.42 Å². The van der Waals surface area contributed by atoms with Gasteiger partial charge in [-0.15, -0.1) is 0 Å². The molecule has 2 aromatic heterocycles. The van der Waals surface area contributed by atoms with E-state index in [2.05, 4.69) is 15.0 Å². The van der Waals surface area contributed by atoms with E-state index < -0.39 is 6.23 Å².